The predicted octanol–water partition coefficient (Wildman–Crippen LogP) is 2.46. The normalized spacial score (nSPS) is 16.5. The summed E-state index contributed by atoms with van der Waals surface area (Å²) in [6.07, 6.45) is 0. The molecule has 0 bridgehead atoms. The molecule has 0 aromatic heterocycles. The second kappa shape index (κ2) is 6.21. The summed E-state index contributed by atoms with van der Waals surface area (Å²) in [7, 11) is -1.48. The minimum Gasteiger partial charge on any atom is -0.313 e. The number of hydrogen-bond acceptors (Lipinski definition) is 2. The molecule has 0 aliphatic rings. The summed E-state index contributed by atoms with van der Waals surface area (Å²) in [4.78, 5) is 0.0589. The summed E-state index contributed by atoms with van der Waals surface area (Å²) < 4.78 is 38.3. The van der Waals surface area contributed by atoms with Gasteiger partial charge in [-0.2, -0.15) is 0 Å². The second-order valence-electron chi connectivity index (χ2n) is 3.92. The van der Waals surface area contributed by atoms with E-state index in [9.17, 15) is 13.0 Å². The van der Waals surface area contributed by atoms with E-state index in [1.54, 1.807) is 6.92 Å². The van der Waals surface area contributed by atoms with Crippen LogP contribution in [0.25, 0.3) is 0 Å². The third-order valence-electron chi connectivity index (χ3n) is 2.68. The molecule has 0 heterocycles. The molecule has 1 aromatic rings. The molecule has 0 aliphatic carbocycles. The third-order valence-corrected chi connectivity index (χ3v) is 4.53. The highest BCUT2D eigenvalue weighted by atomic mass is 32.2. The van der Waals surface area contributed by atoms with Gasteiger partial charge in [0.1, 0.15) is 11.6 Å². The van der Waals surface area contributed by atoms with E-state index in [1.165, 1.54) is 6.07 Å². The standard InChI is InChI=1S/C12H17F2NOS/c1-4-15-8(2)9(3)17(16)12-6-5-10(13)7-11(12)14/h5-9,15H,4H2,1-3H3. The first-order valence-corrected chi connectivity index (χ1v) is 6.77. The first-order chi connectivity index (χ1) is 7.97. The topological polar surface area (TPSA) is 29.1 Å². The van der Waals surface area contributed by atoms with Crippen molar-refractivity contribution in [3.05, 3.63) is 29.8 Å². The van der Waals surface area contributed by atoms with Gasteiger partial charge in [-0.25, -0.2) is 8.78 Å². The Kier molecular flexibility index (Phi) is 5.21. The van der Waals surface area contributed by atoms with Gasteiger partial charge in [0.15, 0.2) is 0 Å². The van der Waals surface area contributed by atoms with Crippen LogP contribution in [0.2, 0.25) is 0 Å². The van der Waals surface area contributed by atoms with Crippen LogP contribution in [0.3, 0.4) is 0 Å². The molecule has 1 aromatic carbocycles. The molecular formula is C12H17F2NOS. The van der Waals surface area contributed by atoms with Gasteiger partial charge in [-0.1, -0.05) is 6.92 Å². The van der Waals surface area contributed by atoms with E-state index in [4.69, 9.17) is 0 Å². The summed E-state index contributed by atoms with van der Waals surface area (Å²) in [5, 5.41) is 2.90. The van der Waals surface area contributed by atoms with Gasteiger partial charge in [0, 0.05) is 12.1 Å². The molecule has 1 rings (SSSR count). The third kappa shape index (κ3) is 3.57. The molecule has 2 nitrogen and oxygen atoms in total. The fraction of sp³-hybridized carbons (Fsp3) is 0.500. The predicted molar refractivity (Wildman–Crippen MR) is 65.4 cm³/mol. The lowest BCUT2D eigenvalue weighted by Crippen LogP contribution is -2.38. The Balaban J connectivity index is 2.88. The molecule has 0 radical (unpaired) electrons. The van der Waals surface area contributed by atoms with Gasteiger partial charge in [0.05, 0.1) is 20.9 Å². The number of hydrogen-bond donors (Lipinski definition) is 1. The Hall–Kier alpha value is -0.810. The highest BCUT2D eigenvalue weighted by molar-refractivity contribution is 7.85. The fourth-order valence-electron chi connectivity index (χ4n) is 1.51. The van der Waals surface area contributed by atoms with Crippen molar-refractivity contribution in [2.24, 2.45) is 0 Å². The Labute approximate surface area is 103 Å². The van der Waals surface area contributed by atoms with Gasteiger partial charge in [-0.15, -0.1) is 0 Å². The molecule has 96 valence electrons. The maximum atomic E-state index is 13.5. The van der Waals surface area contributed by atoms with Gasteiger partial charge in [-0.05, 0) is 32.5 Å². The number of halogens is 2. The quantitative estimate of drug-likeness (QED) is 0.882. The number of nitrogens with one attached hydrogen (secondary N) is 1. The Morgan fingerprint density at radius 1 is 1.35 bits per heavy atom. The summed E-state index contributed by atoms with van der Waals surface area (Å²) in [5.74, 6) is -1.41. The number of benzene rings is 1. The lowest BCUT2D eigenvalue weighted by molar-refractivity contribution is 0.540. The van der Waals surface area contributed by atoms with Crippen LogP contribution < -0.4 is 5.32 Å². The van der Waals surface area contributed by atoms with Gasteiger partial charge < -0.3 is 5.32 Å². The van der Waals surface area contributed by atoms with Crippen LogP contribution in [0.5, 0.6) is 0 Å². The first kappa shape index (κ1) is 14.3. The maximum absolute atomic E-state index is 13.5. The van der Waals surface area contributed by atoms with Crippen molar-refractivity contribution in [1.82, 2.24) is 5.32 Å². The molecule has 0 aliphatic heterocycles. The van der Waals surface area contributed by atoms with E-state index in [-0.39, 0.29) is 16.2 Å². The van der Waals surface area contributed by atoms with E-state index < -0.39 is 22.4 Å². The van der Waals surface area contributed by atoms with Crippen molar-refractivity contribution < 1.29 is 13.0 Å². The molecule has 3 unspecified atom stereocenters. The van der Waals surface area contributed by atoms with Crippen molar-refractivity contribution >= 4 is 10.8 Å². The minimum absolute atomic E-state index is 0.00489. The van der Waals surface area contributed by atoms with Crippen LogP contribution in [0, 0.1) is 11.6 Å². The van der Waals surface area contributed by atoms with E-state index in [0.717, 1.165) is 18.7 Å². The van der Waals surface area contributed by atoms with Crippen LogP contribution in [0.1, 0.15) is 20.8 Å². The summed E-state index contributed by atoms with van der Waals surface area (Å²) >= 11 is 0. The highest BCUT2D eigenvalue weighted by Gasteiger charge is 2.22. The van der Waals surface area contributed by atoms with E-state index in [0.29, 0.717) is 0 Å². The molecule has 0 spiro atoms. The second-order valence-corrected chi connectivity index (χ2v) is 5.70. The minimum atomic E-state index is -1.48. The van der Waals surface area contributed by atoms with Crippen molar-refractivity contribution in [3.8, 4) is 0 Å². The van der Waals surface area contributed by atoms with Crippen molar-refractivity contribution in [3.63, 3.8) is 0 Å². The zero-order chi connectivity index (χ0) is 13.0. The van der Waals surface area contributed by atoms with Crippen LogP contribution >= 0.6 is 0 Å². The van der Waals surface area contributed by atoms with Crippen molar-refractivity contribution in [1.29, 1.82) is 0 Å². The molecule has 1 N–H and O–H groups in total. The molecule has 0 saturated heterocycles. The van der Waals surface area contributed by atoms with Gasteiger partial charge >= 0.3 is 0 Å². The first-order valence-electron chi connectivity index (χ1n) is 5.56. The van der Waals surface area contributed by atoms with E-state index in [1.807, 2.05) is 13.8 Å². The lowest BCUT2D eigenvalue weighted by atomic mass is 10.2. The van der Waals surface area contributed by atoms with Crippen LogP contribution in [-0.4, -0.2) is 22.0 Å². The van der Waals surface area contributed by atoms with Crippen LogP contribution in [0.4, 0.5) is 8.78 Å². The SMILES string of the molecule is CCNC(C)C(C)S(=O)c1ccc(F)cc1F. The summed E-state index contributed by atoms with van der Waals surface area (Å²) in [6.45, 7) is 6.39. The zero-order valence-electron chi connectivity index (χ0n) is 10.2. The van der Waals surface area contributed by atoms with Crippen molar-refractivity contribution in [2.75, 3.05) is 6.54 Å². The van der Waals surface area contributed by atoms with Crippen LogP contribution in [-0.2, 0) is 10.8 Å². The largest absolute Gasteiger partial charge is 0.313 e. The van der Waals surface area contributed by atoms with Crippen LogP contribution in [0.15, 0.2) is 23.1 Å². The van der Waals surface area contributed by atoms with E-state index >= 15 is 0 Å². The lowest BCUT2D eigenvalue weighted by Gasteiger charge is -2.20. The average molecular weight is 261 g/mol. The molecule has 17 heavy (non-hydrogen) atoms. The maximum Gasteiger partial charge on any atom is 0.142 e. The average Bonchev–Trinajstić information content (AvgIpc) is 2.27. The molecule has 3 atom stereocenters. The van der Waals surface area contributed by atoms with Gasteiger partial charge in [0.25, 0.3) is 0 Å². The monoisotopic (exact) mass is 261 g/mol. The molecule has 5 heteroatoms. The zero-order valence-corrected chi connectivity index (χ0v) is 11.0. The summed E-state index contributed by atoms with van der Waals surface area (Å²) in [5.41, 5.74) is 0. The van der Waals surface area contributed by atoms with Crippen molar-refractivity contribution in [2.45, 2.75) is 37.0 Å². The van der Waals surface area contributed by atoms with Gasteiger partial charge in [0.2, 0.25) is 0 Å². The molecule has 0 amide bonds. The molecule has 0 fully saturated rings. The Bertz CT molecular complexity index is 411. The Morgan fingerprint density at radius 2 is 2.00 bits per heavy atom. The summed E-state index contributed by atoms with van der Waals surface area (Å²) in [6, 6.07) is 3.14. The Morgan fingerprint density at radius 3 is 2.53 bits per heavy atom. The van der Waals surface area contributed by atoms with E-state index in [2.05, 4.69) is 5.32 Å². The van der Waals surface area contributed by atoms with Gasteiger partial charge in [-0.3, -0.25) is 4.21 Å². The molecule has 0 saturated carbocycles. The number of rotatable bonds is 5. The molecular weight excluding hydrogens is 244 g/mol. The smallest absolute Gasteiger partial charge is 0.142 e. The fourth-order valence-corrected chi connectivity index (χ4v) is 2.83. The highest BCUT2D eigenvalue weighted by Crippen LogP contribution is 2.18.